The minimum atomic E-state index is -0.335. The lowest BCUT2D eigenvalue weighted by molar-refractivity contribution is -0.127. The van der Waals surface area contributed by atoms with Gasteiger partial charge in [0, 0.05) is 24.9 Å². The second-order valence-corrected chi connectivity index (χ2v) is 7.35. The topological polar surface area (TPSA) is 87.2 Å². The molecule has 0 saturated carbocycles. The molecule has 2 heterocycles. The lowest BCUT2D eigenvalue weighted by Crippen LogP contribution is -2.48. The van der Waals surface area contributed by atoms with E-state index in [1.807, 2.05) is 13.0 Å². The van der Waals surface area contributed by atoms with Gasteiger partial charge in [-0.15, -0.1) is 0 Å². The summed E-state index contributed by atoms with van der Waals surface area (Å²) in [6.45, 7) is 5.17. The first-order valence-electron chi connectivity index (χ1n) is 9.78. The second-order valence-electron chi connectivity index (χ2n) is 7.35. The van der Waals surface area contributed by atoms with Crippen LogP contribution in [0.15, 0.2) is 36.7 Å². The molecule has 0 radical (unpaired) electrons. The van der Waals surface area contributed by atoms with Crippen LogP contribution in [0.2, 0.25) is 0 Å². The van der Waals surface area contributed by atoms with Crippen LogP contribution in [0.4, 0.5) is 10.3 Å². The van der Waals surface area contributed by atoms with Crippen LogP contribution >= 0.6 is 0 Å². The largest absolute Gasteiger partial charge is 0.352 e. The van der Waals surface area contributed by atoms with Crippen LogP contribution in [0.25, 0.3) is 0 Å². The van der Waals surface area contributed by atoms with Crippen molar-refractivity contribution in [2.75, 3.05) is 18.4 Å². The van der Waals surface area contributed by atoms with E-state index >= 15 is 0 Å². The number of nitrogens with zero attached hydrogens (tertiary/aromatic N) is 3. The number of piperidine rings is 1. The maximum Gasteiger partial charge on any atom is 0.243 e. The van der Waals surface area contributed by atoms with Gasteiger partial charge in [0.05, 0.1) is 6.04 Å². The Hall–Kier alpha value is -2.87. The zero-order chi connectivity index (χ0) is 20.8. The molecule has 2 amide bonds. The number of hydrogen-bond acceptors (Lipinski definition) is 5. The third-order valence-electron chi connectivity index (χ3n) is 5.33. The number of halogens is 1. The Labute approximate surface area is 169 Å². The molecule has 2 aromatic rings. The van der Waals surface area contributed by atoms with Crippen LogP contribution in [0.1, 0.15) is 30.9 Å². The fourth-order valence-corrected chi connectivity index (χ4v) is 3.37. The number of nitrogens with one attached hydrogen (secondary N) is 2. The summed E-state index contributed by atoms with van der Waals surface area (Å²) in [5, 5.41) is 5.60. The van der Waals surface area contributed by atoms with E-state index in [0.29, 0.717) is 38.0 Å². The molecule has 1 aliphatic heterocycles. The van der Waals surface area contributed by atoms with E-state index in [1.165, 1.54) is 6.07 Å². The van der Waals surface area contributed by atoms with Crippen molar-refractivity contribution in [3.63, 3.8) is 0 Å². The molecule has 0 spiro atoms. The molecule has 1 atom stereocenters. The minimum absolute atomic E-state index is 0.0274. The van der Waals surface area contributed by atoms with Gasteiger partial charge in [-0.25, -0.2) is 14.4 Å². The molecule has 2 N–H and O–H groups in total. The van der Waals surface area contributed by atoms with Gasteiger partial charge in [-0.1, -0.05) is 12.1 Å². The fourth-order valence-electron chi connectivity index (χ4n) is 3.37. The van der Waals surface area contributed by atoms with Crippen LogP contribution in [0.5, 0.6) is 0 Å². The SMILES string of the molecule is Cc1ccc(CNC(=O)C2CCN(C(C)C(=O)Nc3ncccn3)CC2)cc1F. The quantitative estimate of drug-likeness (QED) is 0.778. The Morgan fingerprint density at radius 3 is 2.59 bits per heavy atom. The van der Waals surface area contributed by atoms with Gasteiger partial charge in [-0.3, -0.25) is 19.8 Å². The number of benzene rings is 1. The molecule has 1 fully saturated rings. The van der Waals surface area contributed by atoms with Crippen molar-refractivity contribution in [2.24, 2.45) is 5.92 Å². The number of aryl methyl sites for hydroxylation is 1. The van der Waals surface area contributed by atoms with Crippen molar-refractivity contribution in [2.45, 2.75) is 39.3 Å². The van der Waals surface area contributed by atoms with Crippen molar-refractivity contribution in [1.82, 2.24) is 20.2 Å². The molecule has 7 nitrogen and oxygen atoms in total. The van der Waals surface area contributed by atoms with Crippen molar-refractivity contribution in [3.8, 4) is 0 Å². The van der Waals surface area contributed by atoms with Crippen molar-refractivity contribution < 1.29 is 14.0 Å². The van der Waals surface area contributed by atoms with Gasteiger partial charge in [-0.2, -0.15) is 0 Å². The Balaban J connectivity index is 1.44. The Bertz CT molecular complexity index is 853. The van der Waals surface area contributed by atoms with Gasteiger partial charge in [0.15, 0.2) is 0 Å². The van der Waals surface area contributed by atoms with E-state index in [4.69, 9.17) is 0 Å². The van der Waals surface area contributed by atoms with Crippen molar-refractivity contribution in [1.29, 1.82) is 0 Å². The molecule has 3 rings (SSSR count). The summed E-state index contributed by atoms with van der Waals surface area (Å²) in [5.41, 5.74) is 1.33. The van der Waals surface area contributed by atoms with Crippen LogP contribution in [0.3, 0.4) is 0 Å². The average Bonchev–Trinajstić information content (AvgIpc) is 2.74. The summed E-state index contributed by atoms with van der Waals surface area (Å²) in [4.78, 5) is 34.9. The van der Waals surface area contributed by atoms with Crippen LogP contribution in [-0.4, -0.2) is 45.8 Å². The van der Waals surface area contributed by atoms with E-state index in [-0.39, 0.29) is 35.5 Å². The summed E-state index contributed by atoms with van der Waals surface area (Å²) in [5.74, 6) is -0.278. The zero-order valence-electron chi connectivity index (χ0n) is 16.7. The number of carbonyl (C=O) groups excluding carboxylic acids is 2. The molecular formula is C21H26FN5O2. The van der Waals surface area contributed by atoms with Gasteiger partial charge in [0.25, 0.3) is 0 Å². The number of hydrogen-bond donors (Lipinski definition) is 2. The Morgan fingerprint density at radius 1 is 1.24 bits per heavy atom. The molecule has 0 bridgehead atoms. The van der Waals surface area contributed by atoms with Gasteiger partial charge in [-0.05, 0) is 63.0 Å². The number of aromatic nitrogens is 2. The normalized spacial score (nSPS) is 16.2. The first kappa shape index (κ1) is 20.9. The monoisotopic (exact) mass is 399 g/mol. The van der Waals surface area contributed by atoms with E-state index in [0.717, 1.165) is 5.56 Å². The highest BCUT2D eigenvalue weighted by molar-refractivity contribution is 5.93. The first-order chi connectivity index (χ1) is 13.9. The highest BCUT2D eigenvalue weighted by Gasteiger charge is 2.29. The minimum Gasteiger partial charge on any atom is -0.352 e. The number of likely N-dealkylation sites (tertiary alicyclic amines) is 1. The Morgan fingerprint density at radius 2 is 1.93 bits per heavy atom. The number of rotatable bonds is 6. The predicted molar refractivity (Wildman–Crippen MR) is 107 cm³/mol. The van der Waals surface area contributed by atoms with Gasteiger partial charge in [0.1, 0.15) is 5.82 Å². The fraction of sp³-hybridized carbons (Fsp3) is 0.429. The summed E-state index contributed by atoms with van der Waals surface area (Å²) in [6, 6.07) is 6.33. The third kappa shape index (κ3) is 5.57. The Kier molecular flexibility index (Phi) is 6.87. The maximum atomic E-state index is 13.6. The summed E-state index contributed by atoms with van der Waals surface area (Å²) in [6.07, 6.45) is 4.49. The smallest absolute Gasteiger partial charge is 0.243 e. The van der Waals surface area contributed by atoms with Crippen molar-refractivity contribution in [3.05, 3.63) is 53.6 Å². The van der Waals surface area contributed by atoms with Crippen LogP contribution in [0, 0.1) is 18.7 Å². The highest BCUT2D eigenvalue weighted by atomic mass is 19.1. The van der Waals surface area contributed by atoms with Gasteiger partial charge >= 0.3 is 0 Å². The molecule has 1 aromatic heterocycles. The van der Waals surface area contributed by atoms with Crippen LogP contribution in [-0.2, 0) is 16.1 Å². The third-order valence-corrected chi connectivity index (χ3v) is 5.33. The zero-order valence-corrected chi connectivity index (χ0v) is 16.7. The maximum absolute atomic E-state index is 13.6. The summed E-state index contributed by atoms with van der Waals surface area (Å²) >= 11 is 0. The lowest BCUT2D eigenvalue weighted by Gasteiger charge is -2.34. The predicted octanol–water partition coefficient (Wildman–Crippen LogP) is 2.28. The van der Waals surface area contributed by atoms with E-state index in [1.54, 1.807) is 31.5 Å². The number of amides is 2. The molecule has 8 heteroatoms. The molecule has 0 aliphatic carbocycles. The lowest BCUT2D eigenvalue weighted by atomic mass is 9.94. The van der Waals surface area contributed by atoms with E-state index in [2.05, 4.69) is 25.5 Å². The molecular weight excluding hydrogens is 373 g/mol. The van der Waals surface area contributed by atoms with Gasteiger partial charge < -0.3 is 5.32 Å². The van der Waals surface area contributed by atoms with Gasteiger partial charge in [0.2, 0.25) is 17.8 Å². The summed E-state index contributed by atoms with van der Waals surface area (Å²) < 4.78 is 13.6. The summed E-state index contributed by atoms with van der Waals surface area (Å²) in [7, 11) is 0. The molecule has 1 aliphatic rings. The second kappa shape index (κ2) is 9.56. The molecule has 1 aromatic carbocycles. The molecule has 29 heavy (non-hydrogen) atoms. The number of carbonyl (C=O) groups is 2. The first-order valence-corrected chi connectivity index (χ1v) is 9.78. The molecule has 1 saturated heterocycles. The van der Waals surface area contributed by atoms with Crippen molar-refractivity contribution >= 4 is 17.8 Å². The molecule has 154 valence electrons. The number of anilines is 1. The van der Waals surface area contributed by atoms with E-state index < -0.39 is 0 Å². The van der Waals surface area contributed by atoms with Crippen LogP contribution < -0.4 is 10.6 Å². The standard InChI is InChI=1S/C21H26FN5O2/c1-14-4-5-16(12-18(14)22)13-25-20(29)17-6-10-27(11-7-17)15(2)19(28)26-21-23-8-3-9-24-21/h3-5,8-9,12,15,17H,6-7,10-11,13H2,1-2H3,(H,25,29)(H,23,24,26,28). The highest BCUT2D eigenvalue weighted by Crippen LogP contribution is 2.20. The molecule has 1 unspecified atom stereocenters. The van der Waals surface area contributed by atoms with E-state index in [9.17, 15) is 14.0 Å². The average molecular weight is 399 g/mol.